The van der Waals surface area contributed by atoms with Crippen molar-refractivity contribution in [1.82, 2.24) is 0 Å². The van der Waals surface area contributed by atoms with Crippen molar-refractivity contribution < 1.29 is 33.2 Å². The van der Waals surface area contributed by atoms with Crippen LogP contribution in [0.15, 0.2) is 158 Å². The SMILES string of the molecule is CCCCCCOc1cc2c3cc(OCCCCCC)c(OCCCCCC)cc3c3cc(OCCCCCCCCCCCCOc4c(C#Cc5ccc(CCCCC)cc5)c(C#Cc5ccc(CCCCC)cc5)c(C#Cc5ccc(CCCCC)cc5)c(C#Cc5ccc(CCCCC)cc5)c4C#Cc4ccc(CCCCC)cc4)c(OCCCCCC)cc3c2cc1OCCCCCC. The average molecular weight is 1860 g/mol. The molecule has 10 aromatic rings. The highest BCUT2D eigenvalue weighted by Gasteiger charge is 2.25. The Bertz CT molecular complexity index is 5300. The largest absolute Gasteiger partial charge is 0.491 e. The maximum atomic E-state index is 7.45. The fourth-order valence-electron chi connectivity index (χ4n) is 18.1. The van der Waals surface area contributed by atoms with E-state index in [1.54, 1.807) is 0 Å². The molecule has 10 rings (SSSR count). The zero-order valence-electron chi connectivity index (χ0n) is 87.2. The van der Waals surface area contributed by atoms with Gasteiger partial charge in [-0.3, -0.25) is 0 Å². The fraction of sp³-hybridized carbons (Fsp3) is 0.511. The quantitative estimate of drug-likeness (QED) is 0.0214. The predicted octanol–water partition coefficient (Wildman–Crippen LogP) is 36.0. The minimum absolute atomic E-state index is 0.467. The Labute approximate surface area is 837 Å². The van der Waals surface area contributed by atoms with Crippen LogP contribution in [0.2, 0.25) is 0 Å². The van der Waals surface area contributed by atoms with E-state index in [1.807, 2.05) is 0 Å². The van der Waals surface area contributed by atoms with Crippen molar-refractivity contribution in [2.24, 2.45) is 0 Å². The molecule has 0 atom stereocenters. The van der Waals surface area contributed by atoms with Crippen LogP contribution in [0.5, 0.6) is 40.2 Å². The van der Waals surface area contributed by atoms with Gasteiger partial charge >= 0.3 is 0 Å². The average Bonchev–Trinajstić information content (AvgIpc) is 0.732. The first-order chi connectivity index (χ1) is 68.1. The van der Waals surface area contributed by atoms with Crippen molar-refractivity contribution in [2.75, 3.05) is 46.2 Å². The smallest absolute Gasteiger partial charge is 0.161 e. The third-order valence-electron chi connectivity index (χ3n) is 26.7. The highest BCUT2D eigenvalue weighted by atomic mass is 16.5. The van der Waals surface area contributed by atoms with Crippen LogP contribution in [0, 0.1) is 59.2 Å². The molecule has 0 aliphatic heterocycles. The van der Waals surface area contributed by atoms with Crippen molar-refractivity contribution in [3.63, 3.8) is 0 Å². The summed E-state index contributed by atoms with van der Waals surface area (Å²) in [7, 11) is 0. The number of hydrogen-bond donors (Lipinski definition) is 0. The van der Waals surface area contributed by atoms with E-state index >= 15 is 0 Å². The molecule has 0 unspecified atom stereocenters. The molecule has 0 aromatic heterocycles. The third-order valence-corrected chi connectivity index (χ3v) is 26.7. The summed E-state index contributed by atoms with van der Waals surface area (Å²) in [6, 6.07) is 57.7. The predicted molar refractivity (Wildman–Crippen MR) is 589 cm³/mol. The van der Waals surface area contributed by atoms with Gasteiger partial charge in [0.05, 0.1) is 74.1 Å². The van der Waals surface area contributed by atoms with Gasteiger partial charge in [0.1, 0.15) is 0 Å². The van der Waals surface area contributed by atoms with E-state index in [2.05, 4.69) is 286 Å². The van der Waals surface area contributed by atoms with E-state index < -0.39 is 0 Å². The molecule has 7 heteroatoms. The summed E-state index contributed by atoms with van der Waals surface area (Å²) in [5.41, 5.74) is 14.7. The second-order valence-corrected chi connectivity index (χ2v) is 38.5. The molecule has 0 heterocycles. The molecule has 0 aliphatic rings. The molecule has 138 heavy (non-hydrogen) atoms. The molecular formula is C131H170O7. The lowest BCUT2D eigenvalue weighted by molar-refractivity contribution is 0.259. The number of ether oxygens (including phenoxy) is 7. The molecule has 0 aliphatic carbocycles. The van der Waals surface area contributed by atoms with Crippen LogP contribution in [-0.4, -0.2) is 46.2 Å². The van der Waals surface area contributed by atoms with Crippen molar-refractivity contribution in [3.8, 4) is 99.5 Å². The zero-order chi connectivity index (χ0) is 96.9. The van der Waals surface area contributed by atoms with Gasteiger partial charge in [-0.2, -0.15) is 0 Å². The lowest BCUT2D eigenvalue weighted by atomic mass is 9.89. The van der Waals surface area contributed by atoms with Crippen molar-refractivity contribution in [1.29, 1.82) is 0 Å². The first-order valence-electron chi connectivity index (χ1n) is 55.4. The fourth-order valence-corrected chi connectivity index (χ4v) is 18.1. The Balaban J connectivity index is 0.938. The Hall–Kier alpha value is -10.6. The monoisotopic (exact) mass is 1860 g/mol. The third kappa shape index (κ3) is 38.2. The molecule has 736 valence electrons. The summed E-state index contributed by atoms with van der Waals surface area (Å²) in [5.74, 6) is 42.8. The maximum Gasteiger partial charge on any atom is 0.161 e. The molecule has 0 radical (unpaired) electrons. The summed E-state index contributed by atoms with van der Waals surface area (Å²) in [4.78, 5) is 0. The number of benzene rings is 10. The standard InChI is InChI=1S/C131H170O7/c1-11-21-31-49-91-132-125-98-119-120-99-126(133-92-50-32-22-12-2)128(135-94-52-34-24-14-4)101-122(120)124-103-130(129(136-95-53-35-25-15-5)102-123(124)121(119)100-127(125)134-93-51-33-23-13-3)137-96-54-42-40-38-36-37-39-41-43-55-97-138-131-117(89-84-112-77-67-107(68-78-112)59-47-29-19-9)115(87-82-110-73-63-105(64-74-110)57-45-27-17-7)114(86-81-109-71-61-104(62-72-109)56-44-26-16-6)116(88-83-111-75-65-106(66-76-111)58-46-28-18-8)118(131)90-85-113-79-69-108(70-80-113)60-48-30-20-10/h61-80,98-103H,11-60,91-97H2,1-10H3. The summed E-state index contributed by atoms with van der Waals surface area (Å²) in [5, 5.41) is 6.58. The van der Waals surface area contributed by atoms with Crippen molar-refractivity contribution in [2.45, 2.75) is 390 Å². The summed E-state index contributed by atoms with van der Waals surface area (Å²) >= 11 is 0. The minimum atomic E-state index is 0.467. The van der Waals surface area contributed by atoms with Gasteiger partial charge in [-0.25, -0.2) is 0 Å². The topological polar surface area (TPSA) is 64.6 Å². The second-order valence-electron chi connectivity index (χ2n) is 38.5. The van der Waals surface area contributed by atoms with E-state index in [1.165, 1.54) is 175 Å². The Morgan fingerprint density at radius 3 is 0.493 bits per heavy atom. The van der Waals surface area contributed by atoms with Gasteiger partial charge in [-0.05, 0) is 266 Å². The lowest BCUT2D eigenvalue weighted by Crippen LogP contribution is -2.08. The van der Waals surface area contributed by atoms with Gasteiger partial charge in [0, 0.05) is 27.8 Å². The van der Waals surface area contributed by atoms with Crippen LogP contribution in [0.25, 0.3) is 32.3 Å². The molecule has 0 N–H and O–H groups in total. The van der Waals surface area contributed by atoms with Crippen LogP contribution < -0.4 is 33.2 Å². The van der Waals surface area contributed by atoms with Gasteiger partial charge in [-0.15, -0.1) is 0 Å². The zero-order valence-corrected chi connectivity index (χ0v) is 87.2. The number of aryl methyl sites for hydroxylation is 5. The summed E-state index contributed by atoms with van der Waals surface area (Å²) in [6.07, 6.45) is 56.4. The maximum absolute atomic E-state index is 7.45. The highest BCUT2D eigenvalue weighted by Crippen LogP contribution is 2.48. The normalized spacial score (nSPS) is 11.0. The molecule has 7 nitrogen and oxygen atoms in total. The molecular weight excluding hydrogens is 1690 g/mol. The van der Waals surface area contributed by atoms with Crippen LogP contribution in [-0.2, 0) is 32.1 Å². The number of unbranched alkanes of at least 4 members (excludes halogenated alkanes) is 34. The van der Waals surface area contributed by atoms with Gasteiger partial charge in [0.25, 0.3) is 0 Å². The number of rotatable bonds is 65. The molecule has 0 bridgehead atoms. The van der Waals surface area contributed by atoms with Gasteiger partial charge < -0.3 is 33.2 Å². The summed E-state index contributed by atoms with van der Waals surface area (Å²) < 4.78 is 48.7. The first kappa shape index (κ1) is 109. The van der Waals surface area contributed by atoms with Gasteiger partial charge in [0.15, 0.2) is 40.2 Å². The molecule has 0 amide bonds. The second kappa shape index (κ2) is 66.1. The van der Waals surface area contributed by atoms with Gasteiger partial charge in [0.2, 0.25) is 0 Å². The minimum Gasteiger partial charge on any atom is -0.491 e. The van der Waals surface area contributed by atoms with Crippen LogP contribution in [0.1, 0.15) is 442 Å². The van der Waals surface area contributed by atoms with Crippen LogP contribution in [0.4, 0.5) is 0 Å². The van der Waals surface area contributed by atoms with Gasteiger partial charge in [-0.1, -0.05) is 401 Å². The molecule has 10 aromatic carbocycles. The highest BCUT2D eigenvalue weighted by molar-refractivity contribution is 6.27. The van der Waals surface area contributed by atoms with Crippen LogP contribution >= 0.6 is 0 Å². The van der Waals surface area contributed by atoms with E-state index in [9.17, 15) is 0 Å². The van der Waals surface area contributed by atoms with Crippen molar-refractivity contribution >= 4 is 32.3 Å². The first-order valence-corrected chi connectivity index (χ1v) is 55.4. The van der Waals surface area contributed by atoms with E-state index in [0.29, 0.717) is 79.8 Å². The summed E-state index contributed by atoms with van der Waals surface area (Å²) in [6.45, 7) is 26.9. The molecule has 0 saturated heterocycles. The molecule has 0 spiro atoms. The van der Waals surface area contributed by atoms with Crippen LogP contribution in [0.3, 0.4) is 0 Å². The Morgan fingerprint density at radius 2 is 0.304 bits per heavy atom. The van der Waals surface area contributed by atoms with E-state index in [0.717, 1.165) is 268 Å². The number of fused-ring (bicyclic) bond motifs is 6. The Kier molecular flexibility index (Phi) is 52.4. The van der Waals surface area contributed by atoms with Crippen molar-refractivity contribution in [3.05, 3.63) is 241 Å². The molecule has 0 fully saturated rings. The van der Waals surface area contributed by atoms with E-state index in [-0.39, 0.29) is 0 Å². The lowest BCUT2D eigenvalue weighted by Gasteiger charge is -2.21. The van der Waals surface area contributed by atoms with E-state index in [4.69, 9.17) is 33.2 Å². The Morgan fingerprint density at radius 1 is 0.152 bits per heavy atom. The molecule has 0 saturated carbocycles. The number of hydrogen-bond acceptors (Lipinski definition) is 7.